The van der Waals surface area contributed by atoms with E-state index in [0.717, 1.165) is 35.0 Å². The molecule has 1 aliphatic carbocycles. The number of nitrogen functional groups attached to an aromatic ring is 1. The van der Waals surface area contributed by atoms with E-state index in [1.54, 1.807) is 23.5 Å². The highest BCUT2D eigenvalue weighted by molar-refractivity contribution is 7.99. The predicted molar refractivity (Wildman–Crippen MR) is 128 cm³/mol. The molecule has 1 unspecified atom stereocenters. The molecule has 0 saturated carbocycles. The van der Waals surface area contributed by atoms with Gasteiger partial charge in [0.15, 0.2) is 5.16 Å². The lowest BCUT2D eigenvalue weighted by Crippen LogP contribution is -2.27. The molecule has 4 rings (SSSR count). The second-order valence-electron chi connectivity index (χ2n) is 8.00. The molecule has 5 N–H and O–H groups in total. The highest BCUT2D eigenvalue weighted by Gasteiger charge is 2.23. The van der Waals surface area contributed by atoms with Gasteiger partial charge in [-0.05, 0) is 54.9 Å². The number of aromatic nitrogens is 2. The maximum absolute atomic E-state index is 12.2. The maximum Gasteiger partial charge on any atom is 0.238 e. The van der Waals surface area contributed by atoms with Crippen LogP contribution in [-0.2, 0) is 34.1 Å². The van der Waals surface area contributed by atoms with Crippen molar-refractivity contribution in [3.05, 3.63) is 40.3 Å². The van der Waals surface area contributed by atoms with Crippen LogP contribution in [0.2, 0.25) is 0 Å². The number of nitrogens with zero attached hydrogens (tertiary/aromatic N) is 2. The Bertz CT molecular complexity index is 1260. The molecule has 1 aliphatic rings. The van der Waals surface area contributed by atoms with Gasteiger partial charge in [0.1, 0.15) is 10.6 Å². The summed E-state index contributed by atoms with van der Waals surface area (Å²) in [5, 5.41) is 9.44. The summed E-state index contributed by atoms with van der Waals surface area (Å²) in [5.41, 5.74) is 8.45. The molecule has 8 nitrogen and oxygen atoms in total. The number of nitrogens with one attached hydrogen (secondary N) is 1. The van der Waals surface area contributed by atoms with Crippen molar-refractivity contribution in [2.45, 2.75) is 42.7 Å². The van der Waals surface area contributed by atoms with E-state index in [1.165, 1.54) is 34.3 Å². The van der Waals surface area contributed by atoms with E-state index >= 15 is 0 Å². The van der Waals surface area contributed by atoms with Gasteiger partial charge in [0.2, 0.25) is 15.9 Å². The Morgan fingerprint density at radius 1 is 1.28 bits per heavy atom. The molecule has 0 bridgehead atoms. The van der Waals surface area contributed by atoms with Crippen LogP contribution in [0.5, 0.6) is 0 Å². The van der Waals surface area contributed by atoms with Gasteiger partial charge in [-0.1, -0.05) is 30.8 Å². The van der Waals surface area contributed by atoms with Gasteiger partial charge in [0, 0.05) is 11.4 Å². The summed E-state index contributed by atoms with van der Waals surface area (Å²) >= 11 is 2.96. The van der Waals surface area contributed by atoms with E-state index in [4.69, 9.17) is 10.9 Å². The summed E-state index contributed by atoms with van der Waals surface area (Å²) in [4.78, 5) is 23.6. The molecule has 2 aromatic heterocycles. The van der Waals surface area contributed by atoms with Crippen molar-refractivity contribution in [2.24, 2.45) is 11.1 Å². The second-order valence-corrected chi connectivity index (χ2v) is 11.6. The lowest BCUT2D eigenvalue weighted by molar-refractivity contribution is -0.118. The summed E-state index contributed by atoms with van der Waals surface area (Å²) in [5.74, 6) is 1.23. The van der Waals surface area contributed by atoms with Gasteiger partial charge >= 0.3 is 0 Å². The largest absolute Gasteiger partial charge is 0.383 e. The number of nitrogens with two attached hydrogens (primary N) is 2. The second kappa shape index (κ2) is 9.34. The van der Waals surface area contributed by atoms with Crippen LogP contribution in [0.4, 0.5) is 5.82 Å². The molecule has 2 heterocycles. The molecule has 0 saturated heterocycles. The number of carbonyl (C=O) groups excluding carboxylic acids is 1. The number of sulfonamides is 1. The van der Waals surface area contributed by atoms with Crippen molar-refractivity contribution in [3.8, 4) is 0 Å². The number of carbonyl (C=O) groups is 1. The molecule has 0 radical (unpaired) electrons. The molecule has 0 aliphatic heterocycles. The first-order chi connectivity index (χ1) is 15.2. The van der Waals surface area contributed by atoms with Gasteiger partial charge in [-0.3, -0.25) is 4.79 Å². The fourth-order valence-corrected chi connectivity index (χ4v) is 6.43. The van der Waals surface area contributed by atoms with Crippen molar-refractivity contribution < 1.29 is 13.2 Å². The Morgan fingerprint density at radius 3 is 2.75 bits per heavy atom. The Balaban J connectivity index is 1.31. The van der Waals surface area contributed by atoms with Crippen molar-refractivity contribution in [1.82, 2.24) is 15.3 Å². The Labute approximate surface area is 195 Å². The molecular formula is C21H25N5O3S3. The molecule has 1 aromatic carbocycles. The average molecular weight is 492 g/mol. The summed E-state index contributed by atoms with van der Waals surface area (Å²) in [6.07, 6.45) is 3.82. The van der Waals surface area contributed by atoms with Gasteiger partial charge in [-0.2, -0.15) is 0 Å². The fraction of sp³-hybridized carbons (Fsp3) is 0.381. The van der Waals surface area contributed by atoms with Crippen LogP contribution < -0.4 is 16.2 Å². The average Bonchev–Trinajstić information content (AvgIpc) is 3.09. The number of aryl methyl sites for hydroxylation is 1. The number of anilines is 1. The van der Waals surface area contributed by atoms with Crippen molar-refractivity contribution in [2.75, 3.05) is 18.0 Å². The number of benzene rings is 1. The Morgan fingerprint density at radius 2 is 2.03 bits per heavy atom. The summed E-state index contributed by atoms with van der Waals surface area (Å²) in [6.45, 7) is 2.70. The number of hydrogen-bond donors (Lipinski definition) is 3. The Hall–Kier alpha value is -2.21. The van der Waals surface area contributed by atoms with Crippen LogP contribution >= 0.6 is 23.1 Å². The third-order valence-corrected chi connectivity index (χ3v) is 8.41. The molecule has 170 valence electrons. The molecule has 11 heteroatoms. The molecule has 3 aromatic rings. The van der Waals surface area contributed by atoms with Gasteiger partial charge in [-0.15, -0.1) is 11.3 Å². The molecule has 0 spiro atoms. The molecule has 1 amide bonds. The van der Waals surface area contributed by atoms with E-state index in [-0.39, 0.29) is 16.6 Å². The molecule has 1 atom stereocenters. The smallest absolute Gasteiger partial charge is 0.238 e. The summed E-state index contributed by atoms with van der Waals surface area (Å²) in [6, 6.07) is 6.30. The number of thiophene rings is 1. The van der Waals surface area contributed by atoms with Gasteiger partial charge < -0.3 is 11.1 Å². The maximum atomic E-state index is 12.2. The van der Waals surface area contributed by atoms with Crippen LogP contribution in [-0.4, -0.2) is 36.6 Å². The Kier molecular flexibility index (Phi) is 6.70. The first-order valence-electron chi connectivity index (χ1n) is 10.3. The highest BCUT2D eigenvalue weighted by atomic mass is 32.2. The van der Waals surface area contributed by atoms with Crippen LogP contribution in [0.15, 0.2) is 34.3 Å². The van der Waals surface area contributed by atoms with E-state index in [1.807, 2.05) is 0 Å². The van der Waals surface area contributed by atoms with Gasteiger partial charge in [0.05, 0.1) is 16.0 Å². The number of fused-ring (bicyclic) bond motifs is 3. The summed E-state index contributed by atoms with van der Waals surface area (Å²) < 4.78 is 22.6. The van der Waals surface area contributed by atoms with E-state index in [0.29, 0.717) is 29.9 Å². The van der Waals surface area contributed by atoms with Crippen molar-refractivity contribution >= 4 is 55.1 Å². The van der Waals surface area contributed by atoms with E-state index < -0.39 is 10.0 Å². The number of amides is 1. The normalized spacial score (nSPS) is 16.1. The number of primary sulfonamides is 1. The van der Waals surface area contributed by atoms with Crippen LogP contribution in [0.1, 0.15) is 29.3 Å². The zero-order valence-electron chi connectivity index (χ0n) is 17.6. The first-order valence-corrected chi connectivity index (χ1v) is 13.6. The lowest BCUT2D eigenvalue weighted by Gasteiger charge is -2.17. The number of thioether (sulfide) groups is 1. The van der Waals surface area contributed by atoms with Crippen molar-refractivity contribution in [1.29, 1.82) is 0 Å². The number of rotatable bonds is 7. The van der Waals surface area contributed by atoms with Gasteiger partial charge in [-0.25, -0.2) is 23.5 Å². The highest BCUT2D eigenvalue weighted by Crippen LogP contribution is 2.39. The zero-order valence-corrected chi connectivity index (χ0v) is 20.1. The lowest BCUT2D eigenvalue weighted by atomic mass is 9.89. The minimum Gasteiger partial charge on any atom is -0.383 e. The monoisotopic (exact) mass is 491 g/mol. The topological polar surface area (TPSA) is 141 Å². The molecule has 0 fully saturated rings. The third kappa shape index (κ3) is 5.22. The van der Waals surface area contributed by atoms with Crippen LogP contribution in [0, 0.1) is 5.92 Å². The van der Waals surface area contributed by atoms with E-state index in [2.05, 4.69) is 22.2 Å². The quantitative estimate of drug-likeness (QED) is 0.340. The SMILES string of the molecule is CC1CCc2c(sc3nc(SCC(=O)NCCc4ccc(S(N)(=O)=O)cc4)nc(N)c23)C1. The van der Waals surface area contributed by atoms with Crippen LogP contribution in [0.25, 0.3) is 10.2 Å². The zero-order chi connectivity index (χ0) is 22.9. The molecule has 32 heavy (non-hydrogen) atoms. The van der Waals surface area contributed by atoms with Gasteiger partial charge in [0.25, 0.3) is 0 Å². The van der Waals surface area contributed by atoms with E-state index in [9.17, 15) is 13.2 Å². The standard InChI is InChI=1S/C21H25N5O3S3/c1-12-2-7-15-16(10-12)31-20-18(15)19(22)25-21(26-20)30-11-17(27)24-9-8-13-3-5-14(6-4-13)32(23,28)29/h3-6,12H,2,7-11H2,1H3,(H,24,27)(H2,22,25,26)(H2,23,28,29). The number of hydrogen-bond acceptors (Lipinski definition) is 8. The first kappa shape index (κ1) is 23.0. The van der Waals surface area contributed by atoms with Crippen LogP contribution in [0.3, 0.4) is 0 Å². The minimum atomic E-state index is -3.70. The fourth-order valence-electron chi connectivity index (χ4n) is 3.79. The third-order valence-electron chi connectivity index (χ3n) is 5.48. The summed E-state index contributed by atoms with van der Waals surface area (Å²) in [7, 11) is -3.70. The predicted octanol–water partition coefficient (Wildman–Crippen LogP) is 2.50. The van der Waals surface area contributed by atoms with Crippen molar-refractivity contribution in [3.63, 3.8) is 0 Å². The molecular weight excluding hydrogens is 466 g/mol. The minimum absolute atomic E-state index is 0.0685.